The first-order chi connectivity index (χ1) is 6.43. The summed E-state index contributed by atoms with van der Waals surface area (Å²) in [5.41, 5.74) is 0. The second-order valence-electron chi connectivity index (χ2n) is 3.43. The molecule has 1 heterocycles. The summed E-state index contributed by atoms with van der Waals surface area (Å²) >= 11 is 0. The molecule has 1 aromatic rings. The molecule has 3 nitrogen and oxygen atoms in total. The van der Waals surface area contributed by atoms with Gasteiger partial charge in [0.05, 0.1) is 0 Å². The van der Waals surface area contributed by atoms with Crippen LogP contribution in [0.25, 0.3) is 0 Å². The van der Waals surface area contributed by atoms with E-state index in [4.69, 9.17) is 0 Å². The van der Waals surface area contributed by atoms with E-state index in [1.165, 1.54) is 38.5 Å². The second kappa shape index (κ2) is 6.63. The molecule has 1 aromatic heterocycles. The van der Waals surface area contributed by atoms with Gasteiger partial charge in [-0.05, 0) is 6.42 Å². The average Bonchev–Trinajstić information content (AvgIpc) is 2.63. The van der Waals surface area contributed by atoms with Crippen molar-refractivity contribution in [3.63, 3.8) is 0 Å². The molecule has 3 heteroatoms. The van der Waals surface area contributed by atoms with Crippen LogP contribution < -0.4 is 0 Å². The number of unbranched alkanes of at least 4 members (excludes halogenated alkanes) is 5. The lowest BCUT2D eigenvalue weighted by Crippen LogP contribution is -1.88. The van der Waals surface area contributed by atoms with E-state index < -0.39 is 0 Å². The Labute approximate surface area is 80.0 Å². The topological polar surface area (TPSA) is 41.6 Å². The molecule has 74 valence electrons. The Morgan fingerprint density at radius 3 is 2.62 bits per heavy atom. The molecule has 0 saturated carbocycles. The maximum Gasteiger partial charge on any atom is 0.150 e. The van der Waals surface area contributed by atoms with Crippen LogP contribution >= 0.6 is 0 Å². The second-order valence-corrected chi connectivity index (χ2v) is 3.43. The lowest BCUT2D eigenvalue weighted by atomic mass is 10.1. The zero-order chi connectivity index (χ0) is 9.36. The van der Waals surface area contributed by atoms with Gasteiger partial charge in [0, 0.05) is 6.42 Å². The van der Waals surface area contributed by atoms with Gasteiger partial charge in [-0.15, -0.1) is 0 Å². The molecule has 0 saturated heterocycles. The van der Waals surface area contributed by atoms with Crippen LogP contribution in [0.2, 0.25) is 0 Å². The zero-order valence-corrected chi connectivity index (χ0v) is 8.42. The van der Waals surface area contributed by atoms with Gasteiger partial charge < -0.3 is 0 Å². The van der Waals surface area contributed by atoms with Gasteiger partial charge in [-0.3, -0.25) is 5.10 Å². The highest BCUT2D eigenvalue weighted by Gasteiger charge is 1.95. The average molecular weight is 181 g/mol. The van der Waals surface area contributed by atoms with Crippen molar-refractivity contribution < 1.29 is 0 Å². The van der Waals surface area contributed by atoms with E-state index in [9.17, 15) is 0 Å². The molecule has 0 bridgehead atoms. The molecular weight excluding hydrogens is 162 g/mol. The van der Waals surface area contributed by atoms with Crippen LogP contribution in [0.3, 0.4) is 0 Å². The first-order valence-electron chi connectivity index (χ1n) is 5.28. The fourth-order valence-corrected chi connectivity index (χ4v) is 1.42. The van der Waals surface area contributed by atoms with Crippen molar-refractivity contribution >= 4 is 0 Å². The zero-order valence-electron chi connectivity index (χ0n) is 8.42. The number of nitrogens with zero attached hydrogens (tertiary/aromatic N) is 2. The molecule has 0 aliphatic rings. The van der Waals surface area contributed by atoms with Crippen molar-refractivity contribution in [1.82, 2.24) is 15.2 Å². The van der Waals surface area contributed by atoms with E-state index in [0.29, 0.717) is 0 Å². The van der Waals surface area contributed by atoms with E-state index in [0.717, 1.165) is 12.2 Å². The molecule has 0 aliphatic heterocycles. The van der Waals surface area contributed by atoms with Crippen molar-refractivity contribution in [3.8, 4) is 0 Å². The smallest absolute Gasteiger partial charge is 0.150 e. The highest BCUT2D eigenvalue weighted by atomic mass is 15.2. The van der Waals surface area contributed by atoms with Crippen LogP contribution in [0.5, 0.6) is 0 Å². The van der Waals surface area contributed by atoms with Gasteiger partial charge >= 0.3 is 0 Å². The summed E-state index contributed by atoms with van der Waals surface area (Å²) in [5, 5.41) is 6.74. The standard InChI is InChI=1S/C10H19N3/c1-2-3-4-5-6-7-8-10-11-9-12-13-10/h9H,2-8H2,1H3,(H,11,12,13). The Kier molecular flexibility index (Phi) is 5.22. The van der Waals surface area contributed by atoms with Crippen molar-refractivity contribution in [2.45, 2.75) is 51.9 Å². The van der Waals surface area contributed by atoms with Crippen molar-refractivity contribution in [2.75, 3.05) is 0 Å². The molecule has 0 amide bonds. The molecule has 1 N–H and O–H groups in total. The van der Waals surface area contributed by atoms with E-state index in [1.807, 2.05) is 0 Å². The molecule has 0 atom stereocenters. The number of aromatic nitrogens is 3. The van der Waals surface area contributed by atoms with Crippen molar-refractivity contribution in [1.29, 1.82) is 0 Å². The molecule has 1 rings (SSSR count). The summed E-state index contributed by atoms with van der Waals surface area (Å²) in [6.45, 7) is 2.24. The molecule has 0 fully saturated rings. The van der Waals surface area contributed by atoms with Gasteiger partial charge in [-0.25, -0.2) is 4.98 Å². The van der Waals surface area contributed by atoms with Crippen molar-refractivity contribution in [3.05, 3.63) is 12.2 Å². The summed E-state index contributed by atoms with van der Waals surface area (Å²) in [4.78, 5) is 4.08. The van der Waals surface area contributed by atoms with Crippen LogP contribution in [0.1, 0.15) is 51.3 Å². The SMILES string of the molecule is CCCCCCCCc1nc[nH]n1. The maximum absolute atomic E-state index is 4.08. The summed E-state index contributed by atoms with van der Waals surface area (Å²) in [6.07, 6.45) is 10.6. The number of aryl methyl sites for hydroxylation is 1. The predicted molar refractivity (Wildman–Crippen MR) is 53.5 cm³/mol. The molecule has 0 radical (unpaired) electrons. The van der Waals surface area contributed by atoms with E-state index in [-0.39, 0.29) is 0 Å². The number of aromatic amines is 1. The first kappa shape index (κ1) is 10.2. The third kappa shape index (κ3) is 4.65. The molecule has 0 aromatic carbocycles. The van der Waals surface area contributed by atoms with Gasteiger partial charge in [0.15, 0.2) is 0 Å². The van der Waals surface area contributed by atoms with Gasteiger partial charge in [0.2, 0.25) is 0 Å². The molecule has 13 heavy (non-hydrogen) atoms. The summed E-state index contributed by atoms with van der Waals surface area (Å²) < 4.78 is 0. The third-order valence-corrected chi connectivity index (χ3v) is 2.22. The van der Waals surface area contributed by atoms with Gasteiger partial charge in [0.25, 0.3) is 0 Å². The number of H-pyrrole nitrogens is 1. The normalized spacial score (nSPS) is 10.5. The minimum atomic E-state index is 0.954. The van der Waals surface area contributed by atoms with Crippen LogP contribution in [-0.2, 0) is 6.42 Å². The Balaban J connectivity index is 1.90. The number of rotatable bonds is 7. The molecule has 0 unspecified atom stereocenters. The molecule has 0 aliphatic carbocycles. The predicted octanol–water partition coefficient (Wildman–Crippen LogP) is 2.71. The van der Waals surface area contributed by atoms with Gasteiger partial charge in [-0.1, -0.05) is 39.0 Å². The largest absolute Gasteiger partial charge is 0.266 e. The van der Waals surface area contributed by atoms with Crippen LogP contribution in [0, 0.1) is 0 Å². The van der Waals surface area contributed by atoms with E-state index in [2.05, 4.69) is 22.1 Å². The van der Waals surface area contributed by atoms with E-state index in [1.54, 1.807) is 6.33 Å². The monoisotopic (exact) mass is 181 g/mol. The lowest BCUT2D eigenvalue weighted by molar-refractivity contribution is 0.601. The Hall–Kier alpha value is -0.860. The Morgan fingerprint density at radius 1 is 1.15 bits per heavy atom. The maximum atomic E-state index is 4.08. The first-order valence-corrected chi connectivity index (χ1v) is 5.28. The lowest BCUT2D eigenvalue weighted by Gasteiger charge is -1.97. The Bertz CT molecular complexity index is 194. The van der Waals surface area contributed by atoms with Gasteiger partial charge in [-0.2, -0.15) is 5.10 Å². The summed E-state index contributed by atoms with van der Waals surface area (Å²) in [6, 6.07) is 0. The number of nitrogens with one attached hydrogen (secondary N) is 1. The Morgan fingerprint density at radius 2 is 1.92 bits per heavy atom. The highest BCUT2D eigenvalue weighted by molar-refractivity contribution is 4.79. The summed E-state index contributed by atoms with van der Waals surface area (Å²) in [5.74, 6) is 0.954. The van der Waals surface area contributed by atoms with Crippen LogP contribution in [-0.4, -0.2) is 15.2 Å². The highest BCUT2D eigenvalue weighted by Crippen LogP contribution is 2.06. The minimum Gasteiger partial charge on any atom is -0.266 e. The molecular formula is C10H19N3. The fraction of sp³-hybridized carbons (Fsp3) is 0.800. The third-order valence-electron chi connectivity index (χ3n) is 2.22. The summed E-state index contributed by atoms with van der Waals surface area (Å²) in [7, 11) is 0. The fourth-order valence-electron chi connectivity index (χ4n) is 1.42. The van der Waals surface area contributed by atoms with E-state index >= 15 is 0 Å². The molecule has 0 spiro atoms. The quantitative estimate of drug-likeness (QED) is 0.657. The number of hydrogen-bond donors (Lipinski definition) is 1. The minimum absolute atomic E-state index is 0.954. The van der Waals surface area contributed by atoms with Crippen LogP contribution in [0.15, 0.2) is 6.33 Å². The van der Waals surface area contributed by atoms with Gasteiger partial charge in [0.1, 0.15) is 12.2 Å². The van der Waals surface area contributed by atoms with Crippen LogP contribution in [0.4, 0.5) is 0 Å². The van der Waals surface area contributed by atoms with Crippen molar-refractivity contribution in [2.24, 2.45) is 0 Å². The number of hydrogen-bond acceptors (Lipinski definition) is 2.